The van der Waals surface area contributed by atoms with E-state index >= 15 is 0 Å². The minimum atomic E-state index is 0.920. The van der Waals surface area contributed by atoms with Crippen LogP contribution in [-0.4, -0.2) is 0 Å². The van der Waals surface area contributed by atoms with Gasteiger partial charge in [-0.15, -0.1) is 0 Å². The van der Waals surface area contributed by atoms with Gasteiger partial charge in [0.1, 0.15) is 0 Å². The monoisotopic (exact) mass is 170 g/mol. The fraction of sp³-hybridized carbons (Fsp3) is 1.00. The van der Waals surface area contributed by atoms with Gasteiger partial charge in [0.25, 0.3) is 0 Å². The van der Waals surface area contributed by atoms with Crippen molar-refractivity contribution in [2.45, 2.75) is 60.3 Å². The molecule has 0 fully saturated rings. The Balaban J connectivity index is 3.51. The molecule has 0 radical (unpaired) electrons. The number of hydrogen-bond donors (Lipinski definition) is 0. The first-order valence-electron chi connectivity index (χ1n) is 5.60. The lowest BCUT2D eigenvalue weighted by Gasteiger charge is -2.18. The molecule has 0 rings (SSSR count). The van der Waals surface area contributed by atoms with Crippen molar-refractivity contribution >= 4 is 0 Å². The van der Waals surface area contributed by atoms with Crippen LogP contribution >= 0.6 is 0 Å². The van der Waals surface area contributed by atoms with E-state index in [4.69, 9.17) is 0 Å². The molecule has 2 unspecified atom stereocenters. The van der Waals surface area contributed by atoms with Crippen LogP contribution in [0.15, 0.2) is 0 Å². The summed E-state index contributed by atoms with van der Waals surface area (Å²) in [4.78, 5) is 0. The third-order valence-electron chi connectivity index (χ3n) is 3.00. The Morgan fingerprint density at radius 1 is 0.667 bits per heavy atom. The summed E-state index contributed by atoms with van der Waals surface area (Å²) >= 11 is 0. The van der Waals surface area contributed by atoms with Gasteiger partial charge in [0, 0.05) is 0 Å². The summed E-state index contributed by atoms with van der Waals surface area (Å²) < 4.78 is 0. The lowest BCUT2D eigenvalue weighted by atomic mass is 9.88. The molecule has 0 saturated heterocycles. The van der Waals surface area contributed by atoms with Gasteiger partial charge in [-0.2, -0.15) is 0 Å². The highest BCUT2D eigenvalue weighted by Crippen LogP contribution is 2.22. The first-order chi connectivity index (χ1) is 5.60. The van der Waals surface area contributed by atoms with Gasteiger partial charge in [0.2, 0.25) is 0 Å². The van der Waals surface area contributed by atoms with Crippen LogP contribution in [0.1, 0.15) is 60.3 Å². The van der Waals surface area contributed by atoms with Crippen molar-refractivity contribution in [3.8, 4) is 0 Å². The van der Waals surface area contributed by atoms with E-state index in [-0.39, 0.29) is 0 Å². The molecule has 0 aromatic rings. The fourth-order valence-electron chi connectivity index (χ4n) is 1.80. The van der Waals surface area contributed by atoms with Crippen molar-refractivity contribution in [1.82, 2.24) is 0 Å². The molecular weight excluding hydrogens is 144 g/mol. The molecule has 0 N–H and O–H groups in total. The van der Waals surface area contributed by atoms with Crippen molar-refractivity contribution < 1.29 is 0 Å². The van der Waals surface area contributed by atoms with Crippen LogP contribution in [0.5, 0.6) is 0 Å². The van der Waals surface area contributed by atoms with Gasteiger partial charge in [-0.25, -0.2) is 0 Å². The zero-order valence-electron chi connectivity index (χ0n) is 9.56. The molecule has 0 amide bonds. The second-order valence-electron chi connectivity index (χ2n) is 4.60. The predicted molar refractivity (Wildman–Crippen MR) is 57.3 cm³/mol. The molecule has 74 valence electrons. The molecule has 0 heteroatoms. The molecular formula is C12H26. The van der Waals surface area contributed by atoms with Crippen molar-refractivity contribution in [2.75, 3.05) is 0 Å². The normalized spacial score (nSPS) is 18.8. The summed E-state index contributed by atoms with van der Waals surface area (Å²) in [6.45, 7) is 11.7. The van der Waals surface area contributed by atoms with E-state index < -0.39 is 0 Å². The highest BCUT2D eigenvalue weighted by Gasteiger charge is 2.09. The molecule has 0 aliphatic rings. The predicted octanol–water partition coefficient (Wildman–Crippen LogP) is 4.49. The molecule has 0 aliphatic carbocycles. The van der Waals surface area contributed by atoms with Gasteiger partial charge in [0.05, 0.1) is 0 Å². The third-order valence-corrected chi connectivity index (χ3v) is 3.00. The van der Waals surface area contributed by atoms with Gasteiger partial charge in [0.15, 0.2) is 0 Å². The van der Waals surface area contributed by atoms with E-state index in [0.29, 0.717) is 0 Å². The Morgan fingerprint density at radius 3 is 1.25 bits per heavy atom. The molecule has 12 heavy (non-hydrogen) atoms. The first kappa shape index (κ1) is 12.0. The molecule has 0 heterocycles. The first-order valence-corrected chi connectivity index (χ1v) is 5.60. The van der Waals surface area contributed by atoms with Crippen LogP contribution in [0.3, 0.4) is 0 Å². The zero-order chi connectivity index (χ0) is 9.56. The van der Waals surface area contributed by atoms with Crippen LogP contribution in [-0.2, 0) is 0 Å². The highest BCUT2D eigenvalue weighted by molar-refractivity contribution is 4.61. The second kappa shape index (κ2) is 6.51. The van der Waals surface area contributed by atoms with Gasteiger partial charge in [-0.1, -0.05) is 47.5 Å². The summed E-state index contributed by atoms with van der Waals surface area (Å²) in [7, 11) is 0. The standard InChI is InChI=1S/C12H26/c1-6-10(3)8-12(5)9-11(4)7-2/h10-12H,6-9H2,1-5H3/t10-,11?,12?/m1/s1. The second-order valence-corrected chi connectivity index (χ2v) is 4.60. The molecule has 0 aliphatic heterocycles. The molecule has 0 aromatic heterocycles. The van der Waals surface area contributed by atoms with Crippen LogP contribution in [0.4, 0.5) is 0 Å². The fourth-order valence-corrected chi connectivity index (χ4v) is 1.80. The van der Waals surface area contributed by atoms with Crippen molar-refractivity contribution in [1.29, 1.82) is 0 Å². The van der Waals surface area contributed by atoms with E-state index in [1.54, 1.807) is 0 Å². The summed E-state index contributed by atoms with van der Waals surface area (Å²) in [5, 5.41) is 0. The van der Waals surface area contributed by atoms with Gasteiger partial charge in [-0.3, -0.25) is 0 Å². The van der Waals surface area contributed by atoms with E-state index in [2.05, 4.69) is 34.6 Å². The summed E-state index contributed by atoms with van der Waals surface area (Å²) in [6.07, 6.45) is 5.51. The SMILES string of the molecule is CCC(C)CC(C)C[C@H](C)CC. The largest absolute Gasteiger partial charge is 0.0651 e. The van der Waals surface area contributed by atoms with Crippen molar-refractivity contribution in [3.63, 3.8) is 0 Å². The Labute approximate surface area is 78.8 Å². The van der Waals surface area contributed by atoms with Crippen LogP contribution in [0.2, 0.25) is 0 Å². The van der Waals surface area contributed by atoms with Crippen LogP contribution in [0.25, 0.3) is 0 Å². The maximum absolute atomic E-state index is 2.40. The molecule has 3 atom stereocenters. The molecule has 0 aromatic carbocycles. The Kier molecular flexibility index (Phi) is 6.51. The summed E-state index contributed by atoms with van der Waals surface area (Å²) in [5.74, 6) is 2.77. The number of rotatable bonds is 6. The van der Waals surface area contributed by atoms with E-state index in [1.807, 2.05) is 0 Å². The van der Waals surface area contributed by atoms with Gasteiger partial charge < -0.3 is 0 Å². The third kappa shape index (κ3) is 5.62. The molecule has 0 nitrogen and oxygen atoms in total. The maximum Gasteiger partial charge on any atom is -0.0438 e. The van der Waals surface area contributed by atoms with Crippen LogP contribution < -0.4 is 0 Å². The summed E-state index contributed by atoms with van der Waals surface area (Å²) in [5.41, 5.74) is 0. The highest BCUT2D eigenvalue weighted by atomic mass is 14.2. The van der Waals surface area contributed by atoms with E-state index in [0.717, 1.165) is 17.8 Å². The smallest absolute Gasteiger partial charge is 0.0438 e. The van der Waals surface area contributed by atoms with Crippen molar-refractivity contribution in [3.05, 3.63) is 0 Å². The Morgan fingerprint density at radius 2 is 1.00 bits per heavy atom. The molecule has 0 bridgehead atoms. The lowest BCUT2D eigenvalue weighted by Crippen LogP contribution is -2.06. The Bertz CT molecular complexity index is 84.2. The summed E-state index contributed by atoms with van der Waals surface area (Å²) in [6, 6.07) is 0. The van der Waals surface area contributed by atoms with Crippen molar-refractivity contribution in [2.24, 2.45) is 17.8 Å². The van der Waals surface area contributed by atoms with Gasteiger partial charge >= 0.3 is 0 Å². The Hall–Kier alpha value is 0. The average Bonchev–Trinajstić information content (AvgIpc) is 2.03. The minimum Gasteiger partial charge on any atom is -0.0651 e. The maximum atomic E-state index is 2.40. The molecule has 0 saturated carbocycles. The topological polar surface area (TPSA) is 0 Å². The van der Waals surface area contributed by atoms with Crippen LogP contribution in [0, 0.1) is 17.8 Å². The van der Waals surface area contributed by atoms with E-state index in [1.165, 1.54) is 25.7 Å². The van der Waals surface area contributed by atoms with Gasteiger partial charge in [-0.05, 0) is 30.6 Å². The molecule has 0 spiro atoms. The van der Waals surface area contributed by atoms with E-state index in [9.17, 15) is 0 Å². The minimum absolute atomic E-state index is 0.920. The zero-order valence-corrected chi connectivity index (χ0v) is 9.56. The number of hydrogen-bond acceptors (Lipinski definition) is 0. The quantitative estimate of drug-likeness (QED) is 0.551. The lowest BCUT2D eigenvalue weighted by molar-refractivity contribution is 0.335. The average molecular weight is 170 g/mol.